The Morgan fingerprint density at radius 2 is 1.88 bits per heavy atom. The summed E-state index contributed by atoms with van der Waals surface area (Å²) < 4.78 is 7.57. The van der Waals surface area contributed by atoms with Crippen LogP contribution >= 0.6 is 11.3 Å². The van der Waals surface area contributed by atoms with Crippen molar-refractivity contribution in [3.63, 3.8) is 0 Å². The van der Waals surface area contributed by atoms with Crippen LogP contribution in [0.2, 0.25) is 0 Å². The maximum Gasteiger partial charge on any atom is 0.261 e. The number of ether oxygens (including phenoxy) is 1. The van der Waals surface area contributed by atoms with Gasteiger partial charge in [-0.25, -0.2) is 15.0 Å². The van der Waals surface area contributed by atoms with E-state index in [1.54, 1.807) is 55.1 Å². The third-order valence-electron chi connectivity index (χ3n) is 5.43. The Labute approximate surface area is 202 Å². The van der Waals surface area contributed by atoms with Crippen LogP contribution in [0.1, 0.15) is 47.3 Å². The molecule has 1 N–H and O–H groups in total. The van der Waals surface area contributed by atoms with E-state index in [9.17, 15) is 9.90 Å². The van der Waals surface area contributed by atoms with Crippen molar-refractivity contribution in [2.24, 2.45) is 0 Å². The highest BCUT2D eigenvalue weighted by Crippen LogP contribution is 2.26. The SMILES string of the molecule is Cc1nc(COc2cc(C)n(-c3cc(-c4ccnc(C(C)(C)O)n4)cnc3C)c(=O)c2C)cs1. The van der Waals surface area contributed by atoms with E-state index in [2.05, 4.69) is 19.9 Å². The summed E-state index contributed by atoms with van der Waals surface area (Å²) in [5.74, 6) is 0.852. The molecule has 0 saturated carbocycles. The third kappa shape index (κ3) is 4.76. The fraction of sp³-hybridized carbons (Fsp3) is 0.320. The summed E-state index contributed by atoms with van der Waals surface area (Å²) in [6.07, 6.45) is 3.31. The maximum atomic E-state index is 13.4. The summed E-state index contributed by atoms with van der Waals surface area (Å²) in [6.45, 7) is 11.0. The molecular formula is C25H27N5O3S. The Morgan fingerprint density at radius 1 is 1.12 bits per heavy atom. The van der Waals surface area contributed by atoms with Gasteiger partial charge in [-0.05, 0) is 53.7 Å². The molecule has 0 atom stereocenters. The minimum Gasteiger partial charge on any atom is -0.487 e. The first-order valence-electron chi connectivity index (χ1n) is 10.8. The van der Waals surface area contributed by atoms with Crippen LogP contribution in [0.5, 0.6) is 5.75 Å². The molecule has 0 radical (unpaired) electrons. The number of thiazole rings is 1. The fourth-order valence-corrected chi connectivity index (χ4v) is 4.17. The lowest BCUT2D eigenvalue weighted by Crippen LogP contribution is -2.24. The van der Waals surface area contributed by atoms with E-state index in [0.717, 1.165) is 22.0 Å². The Kier molecular flexibility index (Phi) is 6.33. The molecule has 0 saturated heterocycles. The molecule has 9 heteroatoms. The van der Waals surface area contributed by atoms with Gasteiger partial charge in [0.1, 0.15) is 18.0 Å². The lowest BCUT2D eigenvalue weighted by molar-refractivity contribution is 0.0688. The van der Waals surface area contributed by atoms with Gasteiger partial charge >= 0.3 is 0 Å². The van der Waals surface area contributed by atoms with Crippen LogP contribution in [-0.4, -0.2) is 29.6 Å². The van der Waals surface area contributed by atoms with Crippen molar-refractivity contribution in [3.8, 4) is 22.7 Å². The molecule has 0 amide bonds. The van der Waals surface area contributed by atoms with Gasteiger partial charge in [0.15, 0.2) is 5.82 Å². The minimum absolute atomic E-state index is 0.175. The number of rotatable bonds is 6. The van der Waals surface area contributed by atoms with Crippen molar-refractivity contribution in [1.82, 2.24) is 24.5 Å². The highest BCUT2D eigenvalue weighted by Gasteiger charge is 2.21. The lowest BCUT2D eigenvalue weighted by Gasteiger charge is -2.18. The Morgan fingerprint density at radius 3 is 2.56 bits per heavy atom. The van der Waals surface area contributed by atoms with E-state index in [1.165, 1.54) is 0 Å². The molecule has 4 aromatic rings. The van der Waals surface area contributed by atoms with Crippen molar-refractivity contribution < 1.29 is 9.84 Å². The third-order valence-corrected chi connectivity index (χ3v) is 6.25. The minimum atomic E-state index is -1.17. The van der Waals surface area contributed by atoms with Crippen molar-refractivity contribution in [2.45, 2.75) is 53.8 Å². The van der Waals surface area contributed by atoms with Crippen LogP contribution in [0.15, 0.2) is 40.8 Å². The molecule has 8 nitrogen and oxygen atoms in total. The molecule has 0 bridgehead atoms. The second kappa shape index (κ2) is 9.08. The van der Waals surface area contributed by atoms with Crippen molar-refractivity contribution in [2.75, 3.05) is 0 Å². The molecule has 176 valence electrons. The van der Waals surface area contributed by atoms with Gasteiger partial charge in [0.25, 0.3) is 5.56 Å². The van der Waals surface area contributed by atoms with Gasteiger partial charge in [0.05, 0.1) is 33.3 Å². The van der Waals surface area contributed by atoms with Gasteiger partial charge in [0.2, 0.25) is 0 Å². The number of hydrogen-bond donors (Lipinski definition) is 1. The predicted octanol–water partition coefficient (Wildman–Crippen LogP) is 4.19. The number of aliphatic hydroxyl groups is 1. The smallest absolute Gasteiger partial charge is 0.261 e. The summed E-state index contributed by atoms with van der Waals surface area (Å²) in [6, 6.07) is 5.49. The van der Waals surface area contributed by atoms with Crippen LogP contribution < -0.4 is 10.3 Å². The standard InChI is InChI=1S/C25H27N5O3S/c1-14-9-22(33-12-19-13-34-17(4)28-19)15(2)23(31)30(14)21-10-18(11-27-16(21)3)20-7-8-26-24(29-20)25(5,6)32/h7-11,13,32H,12H2,1-6H3. The van der Waals surface area contributed by atoms with Gasteiger partial charge in [-0.3, -0.25) is 14.3 Å². The summed E-state index contributed by atoms with van der Waals surface area (Å²) >= 11 is 1.57. The number of aromatic nitrogens is 5. The molecule has 0 aliphatic rings. The van der Waals surface area contributed by atoms with E-state index in [1.807, 2.05) is 38.3 Å². The normalized spacial score (nSPS) is 11.6. The lowest BCUT2D eigenvalue weighted by atomic mass is 10.1. The molecule has 4 rings (SSSR count). The zero-order valence-corrected chi connectivity index (χ0v) is 20.9. The molecule has 34 heavy (non-hydrogen) atoms. The molecule has 0 fully saturated rings. The average Bonchev–Trinajstić information content (AvgIpc) is 3.21. The van der Waals surface area contributed by atoms with E-state index in [0.29, 0.717) is 40.8 Å². The summed E-state index contributed by atoms with van der Waals surface area (Å²) in [7, 11) is 0. The van der Waals surface area contributed by atoms with Crippen molar-refractivity contribution in [1.29, 1.82) is 0 Å². The highest BCUT2D eigenvalue weighted by molar-refractivity contribution is 7.09. The molecular weight excluding hydrogens is 450 g/mol. The first-order valence-corrected chi connectivity index (χ1v) is 11.7. The number of hydrogen-bond acceptors (Lipinski definition) is 8. The second-order valence-electron chi connectivity index (χ2n) is 8.72. The summed E-state index contributed by atoms with van der Waals surface area (Å²) in [4.78, 5) is 31.0. The first-order chi connectivity index (χ1) is 16.0. The van der Waals surface area contributed by atoms with Gasteiger partial charge in [-0.15, -0.1) is 11.3 Å². The van der Waals surface area contributed by atoms with E-state index in [4.69, 9.17) is 4.74 Å². The van der Waals surface area contributed by atoms with Crippen LogP contribution in [0, 0.1) is 27.7 Å². The monoisotopic (exact) mass is 477 g/mol. The Bertz CT molecular complexity index is 1420. The van der Waals surface area contributed by atoms with Gasteiger partial charge in [-0.1, -0.05) is 0 Å². The van der Waals surface area contributed by atoms with Crippen LogP contribution in [0.25, 0.3) is 16.9 Å². The summed E-state index contributed by atoms with van der Waals surface area (Å²) in [5, 5.41) is 13.2. The number of aryl methyl sites for hydroxylation is 3. The zero-order valence-electron chi connectivity index (χ0n) is 20.1. The molecule has 0 unspecified atom stereocenters. The van der Waals surface area contributed by atoms with Gasteiger partial charge in [0, 0.05) is 35.1 Å². The second-order valence-corrected chi connectivity index (χ2v) is 9.78. The Balaban J connectivity index is 1.73. The van der Waals surface area contributed by atoms with Gasteiger partial charge in [-0.2, -0.15) is 0 Å². The Hall–Kier alpha value is -3.43. The largest absolute Gasteiger partial charge is 0.487 e. The van der Waals surface area contributed by atoms with Crippen LogP contribution in [0.4, 0.5) is 0 Å². The van der Waals surface area contributed by atoms with E-state index < -0.39 is 5.60 Å². The first kappa shape index (κ1) is 23.7. The fourth-order valence-electron chi connectivity index (χ4n) is 3.57. The molecule has 0 aliphatic heterocycles. The molecule has 0 spiro atoms. The van der Waals surface area contributed by atoms with Gasteiger partial charge < -0.3 is 9.84 Å². The summed E-state index contributed by atoms with van der Waals surface area (Å²) in [5.41, 5.74) is 3.42. The molecule has 4 aromatic heterocycles. The van der Waals surface area contributed by atoms with Crippen LogP contribution in [0.3, 0.4) is 0 Å². The van der Waals surface area contributed by atoms with Crippen LogP contribution in [-0.2, 0) is 12.2 Å². The molecule has 0 aliphatic carbocycles. The number of nitrogens with zero attached hydrogens (tertiary/aromatic N) is 5. The quantitative estimate of drug-likeness (QED) is 0.444. The van der Waals surface area contributed by atoms with E-state index in [-0.39, 0.29) is 5.56 Å². The van der Waals surface area contributed by atoms with Crippen molar-refractivity contribution >= 4 is 11.3 Å². The topological polar surface area (TPSA) is 103 Å². The number of pyridine rings is 2. The predicted molar refractivity (Wildman–Crippen MR) is 131 cm³/mol. The zero-order chi connectivity index (χ0) is 24.6. The highest BCUT2D eigenvalue weighted by atomic mass is 32.1. The molecule has 4 heterocycles. The maximum absolute atomic E-state index is 13.4. The average molecular weight is 478 g/mol. The van der Waals surface area contributed by atoms with Crippen molar-refractivity contribution in [3.05, 3.63) is 79.8 Å². The van der Waals surface area contributed by atoms with E-state index >= 15 is 0 Å². The molecule has 0 aromatic carbocycles.